The summed E-state index contributed by atoms with van der Waals surface area (Å²) >= 11 is 5.96. The van der Waals surface area contributed by atoms with Crippen LogP contribution in [0.15, 0.2) is 36.9 Å². The molecule has 0 amide bonds. The Kier molecular flexibility index (Phi) is 3.11. The van der Waals surface area contributed by atoms with E-state index >= 15 is 0 Å². The number of rotatable bonds is 2. The summed E-state index contributed by atoms with van der Waals surface area (Å²) in [6.07, 6.45) is 8.55. The summed E-state index contributed by atoms with van der Waals surface area (Å²) in [5, 5.41) is 0.723. The molecule has 1 aromatic carbocycles. The molecule has 2 aromatic heterocycles. The van der Waals surface area contributed by atoms with E-state index in [0.717, 1.165) is 27.4 Å². The fourth-order valence-corrected chi connectivity index (χ4v) is 3.25. The van der Waals surface area contributed by atoms with Crippen LogP contribution < -0.4 is 0 Å². The van der Waals surface area contributed by atoms with Crippen LogP contribution in [0.1, 0.15) is 31.7 Å². The van der Waals surface area contributed by atoms with Gasteiger partial charge in [-0.25, -0.2) is 15.0 Å². The van der Waals surface area contributed by atoms with Gasteiger partial charge in [-0.3, -0.25) is 0 Å². The molecule has 1 saturated carbocycles. The van der Waals surface area contributed by atoms with Gasteiger partial charge < -0.3 is 4.57 Å². The van der Waals surface area contributed by atoms with Gasteiger partial charge in [0.1, 0.15) is 17.5 Å². The summed E-state index contributed by atoms with van der Waals surface area (Å²) in [4.78, 5) is 13.4. The summed E-state index contributed by atoms with van der Waals surface area (Å²) in [6.45, 7) is 0. The maximum absolute atomic E-state index is 5.96. The number of hydrogen-bond donors (Lipinski definition) is 0. The second-order valence-corrected chi connectivity index (χ2v) is 5.93. The molecule has 0 N–H and O–H groups in total. The van der Waals surface area contributed by atoms with E-state index in [0.29, 0.717) is 6.04 Å². The van der Waals surface area contributed by atoms with E-state index in [9.17, 15) is 0 Å². The van der Waals surface area contributed by atoms with E-state index in [2.05, 4.69) is 19.5 Å². The maximum atomic E-state index is 5.96. The van der Waals surface area contributed by atoms with Crippen molar-refractivity contribution < 1.29 is 0 Å². The van der Waals surface area contributed by atoms with Crippen molar-refractivity contribution in [2.24, 2.45) is 0 Å². The molecule has 1 aliphatic rings. The van der Waals surface area contributed by atoms with Gasteiger partial charge in [0.05, 0.1) is 6.33 Å². The van der Waals surface area contributed by atoms with E-state index in [-0.39, 0.29) is 0 Å². The van der Waals surface area contributed by atoms with Crippen LogP contribution >= 0.6 is 11.6 Å². The van der Waals surface area contributed by atoms with Crippen molar-refractivity contribution >= 4 is 22.8 Å². The van der Waals surface area contributed by atoms with Gasteiger partial charge in [-0.2, -0.15) is 0 Å². The Morgan fingerprint density at radius 3 is 2.52 bits per heavy atom. The Hall–Kier alpha value is -1.94. The molecule has 4 nitrogen and oxygen atoms in total. The molecular formula is C16H15ClN4. The van der Waals surface area contributed by atoms with Crippen molar-refractivity contribution in [3.8, 4) is 11.3 Å². The number of halogens is 1. The molecular weight excluding hydrogens is 284 g/mol. The van der Waals surface area contributed by atoms with Crippen molar-refractivity contribution in [3.05, 3.63) is 41.9 Å². The van der Waals surface area contributed by atoms with Crippen LogP contribution in [-0.2, 0) is 0 Å². The smallest absolute Gasteiger partial charge is 0.164 e. The molecule has 0 aliphatic heterocycles. The zero-order chi connectivity index (χ0) is 14.2. The van der Waals surface area contributed by atoms with Crippen molar-refractivity contribution in [3.63, 3.8) is 0 Å². The molecule has 2 heterocycles. The highest BCUT2D eigenvalue weighted by Gasteiger charge is 2.20. The molecule has 21 heavy (non-hydrogen) atoms. The lowest BCUT2D eigenvalue weighted by atomic mass is 10.1. The zero-order valence-electron chi connectivity index (χ0n) is 11.5. The van der Waals surface area contributed by atoms with Crippen LogP contribution in [0.25, 0.3) is 22.4 Å². The molecule has 0 atom stereocenters. The number of nitrogens with zero attached hydrogens (tertiary/aromatic N) is 4. The second kappa shape index (κ2) is 5.11. The van der Waals surface area contributed by atoms with Crippen LogP contribution in [0.5, 0.6) is 0 Å². The quantitative estimate of drug-likeness (QED) is 0.710. The molecule has 0 saturated heterocycles. The molecule has 0 unspecified atom stereocenters. The van der Waals surface area contributed by atoms with Gasteiger partial charge in [-0.15, -0.1) is 0 Å². The first-order chi connectivity index (χ1) is 10.3. The standard InChI is InChI=1S/C16H15ClN4/c17-12-7-5-11(6-8-12)14-15-16(19-9-18-14)21(10-20-15)13-3-1-2-4-13/h5-10,13H,1-4H2. The maximum Gasteiger partial charge on any atom is 0.164 e. The average Bonchev–Trinajstić information content (AvgIpc) is 3.16. The SMILES string of the molecule is Clc1ccc(-c2ncnc3c2ncn3C2CCCC2)cc1. The van der Waals surface area contributed by atoms with E-state index < -0.39 is 0 Å². The molecule has 4 rings (SSSR count). The third-order valence-corrected chi connectivity index (χ3v) is 4.45. The third-order valence-electron chi connectivity index (χ3n) is 4.19. The Balaban J connectivity index is 1.85. The van der Waals surface area contributed by atoms with Crippen molar-refractivity contribution in [2.75, 3.05) is 0 Å². The van der Waals surface area contributed by atoms with Crippen LogP contribution in [0.4, 0.5) is 0 Å². The van der Waals surface area contributed by atoms with E-state index in [4.69, 9.17) is 11.6 Å². The molecule has 5 heteroatoms. The van der Waals surface area contributed by atoms with E-state index in [1.807, 2.05) is 30.6 Å². The minimum atomic E-state index is 0.531. The second-order valence-electron chi connectivity index (χ2n) is 5.49. The van der Waals surface area contributed by atoms with Gasteiger partial charge in [0.15, 0.2) is 5.65 Å². The summed E-state index contributed by atoms with van der Waals surface area (Å²) in [5.41, 5.74) is 3.69. The van der Waals surface area contributed by atoms with Crippen molar-refractivity contribution in [1.29, 1.82) is 0 Å². The normalized spacial score (nSPS) is 15.9. The summed E-state index contributed by atoms with van der Waals surface area (Å²) in [7, 11) is 0. The van der Waals surface area contributed by atoms with Gasteiger partial charge in [-0.1, -0.05) is 36.6 Å². The molecule has 0 spiro atoms. The number of fused-ring (bicyclic) bond motifs is 1. The van der Waals surface area contributed by atoms with Crippen LogP contribution in [0.3, 0.4) is 0 Å². The first kappa shape index (κ1) is 12.8. The van der Waals surface area contributed by atoms with E-state index in [1.54, 1.807) is 6.33 Å². The predicted octanol–water partition coefficient (Wildman–Crippen LogP) is 4.26. The van der Waals surface area contributed by atoms with Crippen LogP contribution in [0, 0.1) is 0 Å². The third kappa shape index (κ3) is 2.20. The topological polar surface area (TPSA) is 43.6 Å². The van der Waals surface area contributed by atoms with Gasteiger partial charge in [0.25, 0.3) is 0 Å². The fraction of sp³-hybridized carbons (Fsp3) is 0.312. The predicted molar refractivity (Wildman–Crippen MR) is 83.3 cm³/mol. The Labute approximate surface area is 127 Å². The Morgan fingerprint density at radius 1 is 1.00 bits per heavy atom. The molecule has 1 aliphatic carbocycles. The van der Waals surface area contributed by atoms with E-state index in [1.165, 1.54) is 25.7 Å². The largest absolute Gasteiger partial charge is 0.312 e. The number of imidazole rings is 1. The number of benzene rings is 1. The molecule has 1 fully saturated rings. The average molecular weight is 299 g/mol. The first-order valence-electron chi connectivity index (χ1n) is 7.26. The highest BCUT2D eigenvalue weighted by Crippen LogP contribution is 2.33. The van der Waals surface area contributed by atoms with Crippen molar-refractivity contribution in [1.82, 2.24) is 19.5 Å². The lowest BCUT2D eigenvalue weighted by molar-refractivity contribution is 0.529. The molecule has 3 aromatic rings. The highest BCUT2D eigenvalue weighted by atomic mass is 35.5. The highest BCUT2D eigenvalue weighted by molar-refractivity contribution is 6.30. The number of hydrogen-bond acceptors (Lipinski definition) is 3. The Bertz CT molecular complexity index is 773. The summed E-state index contributed by atoms with van der Waals surface area (Å²) in [6, 6.07) is 8.22. The minimum absolute atomic E-state index is 0.531. The Morgan fingerprint density at radius 2 is 1.76 bits per heavy atom. The fourth-order valence-electron chi connectivity index (χ4n) is 3.12. The van der Waals surface area contributed by atoms with Gasteiger partial charge in [0, 0.05) is 16.6 Å². The van der Waals surface area contributed by atoms with Gasteiger partial charge in [0.2, 0.25) is 0 Å². The lowest BCUT2D eigenvalue weighted by Crippen LogP contribution is -2.04. The van der Waals surface area contributed by atoms with Gasteiger partial charge in [-0.05, 0) is 25.0 Å². The van der Waals surface area contributed by atoms with Gasteiger partial charge >= 0.3 is 0 Å². The lowest BCUT2D eigenvalue weighted by Gasteiger charge is -2.11. The monoisotopic (exact) mass is 298 g/mol. The number of aromatic nitrogens is 4. The summed E-state index contributed by atoms with van der Waals surface area (Å²) < 4.78 is 2.21. The zero-order valence-corrected chi connectivity index (χ0v) is 12.3. The van der Waals surface area contributed by atoms with Crippen molar-refractivity contribution in [2.45, 2.75) is 31.7 Å². The molecule has 0 radical (unpaired) electrons. The van der Waals surface area contributed by atoms with Crippen LogP contribution in [0.2, 0.25) is 5.02 Å². The molecule has 0 bridgehead atoms. The molecule has 106 valence electrons. The summed E-state index contributed by atoms with van der Waals surface area (Å²) in [5.74, 6) is 0. The van der Waals surface area contributed by atoms with Crippen LogP contribution in [-0.4, -0.2) is 19.5 Å². The first-order valence-corrected chi connectivity index (χ1v) is 7.64. The minimum Gasteiger partial charge on any atom is -0.312 e.